The first-order valence-corrected chi connectivity index (χ1v) is 7.54. The predicted molar refractivity (Wildman–Crippen MR) is 80.4 cm³/mol. The van der Waals surface area contributed by atoms with Crippen LogP contribution >= 0.6 is 0 Å². The number of carbonyl (C=O) groups excluding carboxylic acids is 1. The molecule has 2 rings (SSSR count). The standard InChI is InChI=1S/C17H25NO2/c1-4-16(19)20-17(15-9-6-5-7-10-15)11-8-12-18(3)13-14(17)2/h5-7,9-10,14H,4,8,11-13H2,1-3H3/t14-,17-/m0/s1. The van der Waals surface area contributed by atoms with Crippen molar-refractivity contribution < 1.29 is 9.53 Å². The quantitative estimate of drug-likeness (QED) is 0.793. The zero-order valence-corrected chi connectivity index (χ0v) is 12.8. The number of carbonyl (C=O) groups is 1. The Morgan fingerprint density at radius 1 is 1.40 bits per heavy atom. The van der Waals surface area contributed by atoms with Crippen LogP contribution in [0.2, 0.25) is 0 Å². The normalized spacial score (nSPS) is 27.9. The van der Waals surface area contributed by atoms with Gasteiger partial charge in [-0.15, -0.1) is 0 Å². The van der Waals surface area contributed by atoms with E-state index in [0.29, 0.717) is 6.42 Å². The largest absolute Gasteiger partial charge is 0.454 e. The molecule has 0 aliphatic carbocycles. The molecule has 0 spiro atoms. The fraction of sp³-hybridized carbons (Fsp3) is 0.588. The molecule has 110 valence electrons. The minimum absolute atomic E-state index is 0.106. The molecule has 3 heteroatoms. The molecule has 1 aromatic carbocycles. The summed E-state index contributed by atoms with van der Waals surface area (Å²) in [6.07, 6.45) is 2.37. The van der Waals surface area contributed by atoms with Gasteiger partial charge in [0.1, 0.15) is 5.60 Å². The number of hydrogen-bond acceptors (Lipinski definition) is 3. The second-order valence-corrected chi connectivity index (χ2v) is 5.85. The molecule has 0 bridgehead atoms. The van der Waals surface area contributed by atoms with Gasteiger partial charge in [-0.2, -0.15) is 0 Å². The van der Waals surface area contributed by atoms with Crippen LogP contribution in [0, 0.1) is 5.92 Å². The van der Waals surface area contributed by atoms with Crippen LogP contribution in [-0.4, -0.2) is 31.0 Å². The summed E-state index contributed by atoms with van der Waals surface area (Å²) in [5.74, 6) is 0.179. The molecule has 0 aromatic heterocycles. The fourth-order valence-corrected chi connectivity index (χ4v) is 3.20. The van der Waals surface area contributed by atoms with Gasteiger partial charge < -0.3 is 9.64 Å². The van der Waals surface area contributed by atoms with Crippen molar-refractivity contribution in [3.05, 3.63) is 35.9 Å². The first-order valence-electron chi connectivity index (χ1n) is 7.54. The molecule has 0 saturated carbocycles. The van der Waals surface area contributed by atoms with Gasteiger partial charge in [0, 0.05) is 18.9 Å². The van der Waals surface area contributed by atoms with E-state index in [2.05, 4.69) is 31.0 Å². The Bertz CT molecular complexity index is 446. The molecule has 1 fully saturated rings. The van der Waals surface area contributed by atoms with E-state index < -0.39 is 5.60 Å². The number of hydrogen-bond donors (Lipinski definition) is 0. The van der Waals surface area contributed by atoms with E-state index in [1.165, 1.54) is 0 Å². The number of esters is 1. The molecule has 0 radical (unpaired) electrons. The highest BCUT2D eigenvalue weighted by Crippen LogP contribution is 2.40. The van der Waals surface area contributed by atoms with Crippen molar-refractivity contribution in [1.29, 1.82) is 0 Å². The lowest BCUT2D eigenvalue weighted by atomic mass is 9.79. The van der Waals surface area contributed by atoms with Crippen molar-refractivity contribution in [3.8, 4) is 0 Å². The summed E-state index contributed by atoms with van der Waals surface area (Å²) < 4.78 is 5.99. The number of rotatable bonds is 3. The highest BCUT2D eigenvalue weighted by Gasteiger charge is 2.43. The maximum Gasteiger partial charge on any atom is 0.306 e. The van der Waals surface area contributed by atoms with Gasteiger partial charge in [0.25, 0.3) is 0 Å². The van der Waals surface area contributed by atoms with E-state index in [4.69, 9.17) is 4.74 Å². The van der Waals surface area contributed by atoms with Gasteiger partial charge in [0.2, 0.25) is 0 Å². The van der Waals surface area contributed by atoms with Crippen molar-refractivity contribution >= 4 is 5.97 Å². The van der Waals surface area contributed by atoms with Gasteiger partial charge in [-0.25, -0.2) is 0 Å². The van der Waals surface area contributed by atoms with Gasteiger partial charge in [0.05, 0.1) is 0 Å². The van der Waals surface area contributed by atoms with E-state index in [-0.39, 0.29) is 11.9 Å². The molecule has 20 heavy (non-hydrogen) atoms. The lowest BCUT2D eigenvalue weighted by molar-refractivity contribution is -0.168. The number of nitrogens with zero attached hydrogens (tertiary/aromatic N) is 1. The van der Waals surface area contributed by atoms with Crippen molar-refractivity contribution in [2.75, 3.05) is 20.1 Å². The van der Waals surface area contributed by atoms with Crippen LogP contribution in [0.3, 0.4) is 0 Å². The third kappa shape index (κ3) is 3.04. The summed E-state index contributed by atoms with van der Waals surface area (Å²) in [6, 6.07) is 10.2. The Kier molecular flexibility index (Phi) is 4.81. The van der Waals surface area contributed by atoms with Crippen LogP contribution in [-0.2, 0) is 15.1 Å². The van der Waals surface area contributed by atoms with Crippen LogP contribution in [0.5, 0.6) is 0 Å². The SMILES string of the molecule is CCC(=O)O[C@@]1(c2ccccc2)CCCN(C)C[C@@H]1C. The molecule has 1 aromatic rings. The lowest BCUT2D eigenvalue weighted by Crippen LogP contribution is -2.41. The molecule has 0 amide bonds. The minimum atomic E-state index is -0.473. The van der Waals surface area contributed by atoms with E-state index in [0.717, 1.165) is 31.5 Å². The second-order valence-electron chi connectivity index (χ2n) is 5.85. The average Bonchev–Trinajstić information content (AvgIpc) is 2.59. The van der Waals surface area contributed by atoms with Crippen LogP contribution in [0.25, 0.3) is 0 Å². The van der Waals surface area contributed by atoms with Gasteiger partial charge in [-0.05, 0) is 32.0 Å². The average molecular weight is 275 g/mol. The smallest absolute Gasteiger partial charge is 0.306 e. The molecule has 0 unspecified atom stereocenters. The maximum atomic E-state index is 12.0. The van der Waals surface area contributed by atoms with E-state index >= 15 is 0 Å². The molecule has 0 N–H and O–H groups in total. The summed E-state index contributed by atoms with van der Waals surface area (Å²) in [5.41, 5.74) is 0.656. The van der Waals surface area contributed by atoms with Gasteiger partial charge in [-0.1, -0.05) is 44.2 Å². The first kappa shape index (κ1) is 15.0. The molecule has 1 aliphatic rings. The summed E-state index contributed by atoms with van der Waals surface area (Å²) >= 11 is 0. The van der Waals surface area contributed by atoms with E-state index in [9.17, 15) is 4.79 Å². The molecular weight excluding hydrogens is 250 g/mol. The Balaban J connectivity index is 2.39. The van der Waals surface area contributed by atoms with Crippen molar-refractivity contribution in [1.82, 2.24) is 4.90 Å². The van der Waals surface area contributed by atoms with Crippen molar-refractivity contribution in [2.24, 2.45) is 5.92 Å². The van der Waals surface area contributed by atoms with Crippen LogP contribution in [0.4, 0.5) is 0 Å². The highest BCUT2D eigenvalue weighted by molar-refractivity contribution is 5.69. The van der Waals surface area contributed by atoms with Crippen LogP contribution < -0.4 is 0 Å². The third-order valence-electron chi connectivity index (χ3n) is 4.32. The predicted octanol–water partition coefficient (Wildman–Crippen LogP) is 3.20. The lowest BCUT2D eigenvalue weighted by Gasteiger charge is -2.38. The molecule has 2 atom stereocenters. The molecule has 3 nitrogen and oxygen atoms in total. The maximum absolute atomic E-state index is 12.0. The Hall–Kier alpha value is -1.35. The number of ether oxygens (including phenoxy) is 1. The second kappa shape index (κ2) is 6.40. The first-order chi connectivity index (χ1) is 9.58. The van der Waals surface area contributed by atoms with Gasteiger partial charge in [0.15, 0.2) is 0 Å². The topological polar surface area (TPSA) is 29.5 Å². The Labute approximate surface area is 121 Å². The summed E-state index contributed by atoms with van der Waals surface area (Å²) in [4.78, 5) is 14.3. The minimum Gasteiger partial charge on any atom is -0.454 e. The zero-order chi connectivity index (χ0) is 14.6. The fourth-order valence-electron chi connectivity index (χ4n) is 3.20. The van der Waals surface area contributed by atoms with Crippen molar-refractivity contribution in [2.45, 2.75) is 38.7 Å². The van der Waals surface area contributed by atoms with E-state index in [1.54, 1.807) is 0 Å². The molecule has 1 aliphatic heterocycles. The Morgan fingerprint density at radius 3 is 2.75 bits per heavy atom. The number of benzene rings is 1. The summed E-state index contributed by atoms with van der Waals surface area (Å²) in [7, 11) is 2.14. The summed E-state index contributed by atoms with van der Waals surface area (Å²) in [5, 5.41) is 0. The molecular formula is C17H25NO2. The van der Waals surface area contributed by atoms with Crippen LogP contribution in [0.1, 0.15) is 38.7 Å². The van der Waals surface area contributed by atoms with Crippen LogP contribution in [0.15, 0.2) is 30.3 Å². The summed E-state index contributed by atoms with van der Waals surface area (Å²) in [6.45, 7) is 6.06. The highest BCUT2D eigenvalue weighted by atomic mass is 16.6. The molecule has 1 heterocycles. The number of likely N-dealkylation sites (tertiary alicyclic amines) is 1. The Morgan fingerprint density at radius 2 is 2.10 bits per heavy atom. The van der Waals surface area contributed by atoms with Gasteiger partial charge >= 0.3 is 5.97 Å². The molecule has 1 saturated heterocycles. The van der Waals surface area contributed by atoms with Crippen molar-refractivity contribution in [3.63, 3.8) is 0 Å². The zero-order valence-electron chi connectivity index (χ0n) is 12.8. The van der Waals surface area contributed by atoms with Gasteiger partial charge in [-0.3, -0.25) is 4.79 Å². The third-order valence-corrected chi connectivity index (χ3v) is 4.32. The van der Waals surface area contributed by atoms with E-state index in [1.807, 2.05) is 25.1 Å². The monoisotopic (exact) mass is 275 g/mol.